The van der Waals surface area contributed by atoms with Crippen LogP contribution < -0.4 is 10.1 Å². The van der Waals surface area contributed by atoms with Crippen molar-refractivity contribution >= 4 is 39.4 Å². The molecule has 148 valence electrons. The second-order valence-corrected chi connectivity index (χ2v) is 8.15. The molecular formula is C22H25IN2O3. The Hall–Kier alpha value is -2.06. The van der Waals surface area contributed by atoms with Gasteiger partial charge >= 0.3 is 0 Å². The zero-order chi connectivity index (χ0) is 20.3. The number of ether oxygens (including phenoxy) is 1. The lowest BCUT2D eigenvalue weighted by molar-refractivity contribution is 0.0724. The number of rotatable bonds is 7. The van der Waals surface area contributed by atoms with Crippen LogP contribution in [0.4, 0.5) is 0 Å². The van der Waals surface area contributed by atoms with Gasteiger partial charge in [-0.2, -0.15) is 0 Å². The van der Waals surface area contributed by atoms with Crippen LogP contribution in [0.5, 0.6) is 5.75 Å². The van der Waals surface area contributed by atoms with Gasteiger partial charge in [0.15, 0.2) is 0 Å². The standard InChI is InChI=1S/C22H25IN2O3/c1-4-11-28-20-10-9-15(23)12-17(20)22(27)24-21(26)14(2)18-13-25(3)19-8-6-5-7-16(18)19/h5-10,12-14,21,26H,4,11H2,1-3H3,(H,24,27)/t14?,21-/m1/s1. The average molecular weight is 492 g/mol. The molecule has 1 unspecified atom stereocenters. The van der Waals surface area contributed by atoms with Crippen LogP contribution in [0.25, 0.3) is 10.9 Å². The lowest BCUT2D eigenvalue weighted by atomic mass is 9.98. The molecule has 1 heterocycles. The Morgan fingerprint density at radius 3 is 2.79 bits per heavy atom. The fraction of sp³-hybridized carbons (Fsp3) is 0.318. The molecule has 2 aromatic carbocycles. The molecule has 2 N–H and O–H groups in total. The number of hydrogen-bond donors (Lipinski definition) is 2. The minimum Gasteiger partial charge on any atom is -0.493 e. The summed E-state index contributed by atoms with van der Waals surface area (Å²) in [5.41, 5.74) is 2.52. The number of amides is 1. The molecule has 1 amide bonds. The van der Waals surface area contributed by atoms with E-state index in [4.69, 9.17) is 4.74 Å². The van der Waals surface area contributed by atoms with Gasteiger partial charge in [0.05, 0.1) is 12.2 Å². The van der Waals surface area contributed by atoms with Gasteiger partial charge < -0.3 is 19.7 Å². The van der Waals surface area contributed by atoms with E-state index < -0.39 is 6.23 Å². The van der Waals surface area contributed by atoms with E-state index >= 15 is 0 Å². The molecule has 3 rings (SSSR count). The first-order valence-corrected chi connectivity index (χ1v) is 10.5. The molecule has 0 bridgehead atoms. The van der Waals surface area contributed by atoms with Crippen LogP contribution in [-0.4, -0.2) is 28.4 Å². The zero-order valence-electron chi connectivity index (χ0n) is 16.3. The summed E-state index contributed by atoms with van der Waals surface area (Å²) in [4.78, 5) is 12.8. The lowest BCUT2D eigenvalue weighted by Gasteiger charge is -2.21. The van der Waals surface area contributed by atoms with Crippen molar-refractivity contribution in [2.24, 2.45) is 7.05 Å². The number of carbonyl (C=O) groups is 1. The summed E-state index contributed by atoms with van der Waals surface area (Å²) in [6.45, 7) is 4.47. The number of aliphatic hydroxyl groups excluding tert-OH is 1. The Labute approximate surface area is 178 Å². The summed E-state index contributed by atoms with van der Waals surface area (Å²) in [5, 5.41) is 14.5. The zero-order valence-corrected chi connectivity index (χ0v) is 18.4. The molecule has 0 aliphatic heterocycles. The highest BCUT2D eigenvalue weighted by Gasteiger charge is 2.24. The number of para-hydroxylation sites is 1. The van der Waals surface area contributed by atoms with Crippen LogP contribution in [0.2, 0.25) is 0 Å². The van der Waals surface area contributed by atoms with Crippen LogP contribution in [0.15, 0.2) is 48.7 Å². The molecule has 5 nitrogen and oxygen atoms in total. The number of aryl methyl sites for hydroxylation is 1. The minimum absolute atomic E-state index is 0.266. The molecule has 28 heavy (non-hydrogen) atoms. The molecule has 0 aliphatic rings. The van der Waals surface area contributed by atoms with Gasteiger partial charge in [-0.15, -0.1) is 0 Å². The van der Waals surface area contributed by atoms with E-state index in [1.165, 1.54) is 0 Å². The third-order valence-corrected chi connectivity index (χ3v) is 5.49. The highest BCUT2D eigenvalue weighted by atomic mass is 127. The topological polar surface area (TPSA) is 63.5 Å². The summed E-state index contributed by atoms with van der Waals surface area (Å²) in [5.74, 6) is -0.0770. The molecule has 3 aromatic rings. The van der Waals surface area contributed by atoms with Gasteiger partial charge in [0.2, 0.25) is 0 Å². The van der Waals surface area contributed by atoms with Gasteiger partial charge in [-0.3, -0.25) is 4.79 Å². The molecule has 0 radical (unpaired) electrons. The van der Waals surface area contributed by atoms with E-state index in [9.17, 15) is 9.90 Å². The van der Waals surface area contributed by atoms with Crippen molar-refractivity contribution in [3.8, 4) is 5.75 Å². The maximum absolute atomic E-state index is 12.8. The number of nitrogens with zero attached hydrogens (tertiary/aromatic N) is 1. The maximum Gasteiger partial charge on any atom is 0.257 e. The number of aromatic nitrogens is 1. The van der Waals surface area contributed by atoms with Gasteiger partial charge in [-0.05, 0) is 58.8 Å². The van der Waals surface area contributed by atoms with E-state index in [1.807, 2.05) is 62.0 Å². The van der Waals surface area contributed by atoms with Crippen molar-refractivity contribution in [1.82, 2.24) is 9.88 Å². The predicted molar refractivity (Wildman–Crippen MR) is 120 cm³/mol. The molecule has 0 saturated carbocycles. The minimum atomic E-state index is -1.02. The summed E-state index contributed by atoms with van der Waals surface area (Å²) in [6, 6.07) is 13.5. The molecular weight excluding hydrogens is 467 g/mol. The average Bonchev–Trinajstić information content (AvgIpc) is 3.03. The van der Waals surface area contributed by atoms with Crippen molar-refractivity contribution in [3.63, 3.8) is 0 Å². The van der Waals surface area contributed by atoms with Crippen LogP contribution in [0.3, 0.4) is 0 Å². The number of hydrogen-bond acceptors (Lipinski definition) is 3. The summed E-state index contributed by atoms with van der Waals surface area (Å²) >= 11 is 2.16. The molecule has 6 heteroatoms. The molecule has 2 atom stereocenters. The van der Waals surface area contributed by atoms with Crippen LogP contribution in [0, 0.1) is 3.57 Å². The quantitative estimate of drug-likeness (QED) is 0.379. The highest BCUT2D eigenvalue weighted by Crippen LogP contribution is 2.29. The van der Waals surface area contributed by atoms with Crippen LogP contribution in [0.1, 0.15) is 42.1 Å². The Kier molecular flexibility index (Phi) is 6.61. The third kappa shape index (κ3) is 4.33. The van der Waals surface area contributed by atoms with E-state index in [2.05, 4.69) is 27.9 Å². The first kappa shape index (κ1) is 20.7. The second kappa shape index (κ2) is 8.96. The molecule has 0 spiro atoms. The monoisotopic (exact) mass is 492 g/mol. The largest absolute Gasteiger partial charge is 0.493 e. The Bertz CT molecular complexity index is 983. The number of carbonyl (C=O) groups excluding carboxylic acids is 1. The Morgan fingerprint density at radius 1 is 1.29 bits per heavy atom. The SMILES string of the molecule is CCCOc1ccc(I)cc1C(=O)N[C@H](O)C(C)c1cn(C)c2ccccc12. The van der Waals surface area contributed by atoms with Crippen molar-refractivity contribution in [2.45, 2.75) is 32.4 Å². The van der Waals surface area contributed by atoms with Gasteiger partial charge in [0, 0.05) is 33.6 Å². The van der Waals surface area contributed by atoms with Gasteiger partial charge in [-0.25, -0.2) is 0 Å². The molecule has 0 fully saturated rings. The first-order valence-electron chi connectivity index (χ1n) is 9.37. The van der Waals surface area contributed by atoms with Gasteiger partial charge in [-0.1, -0.05) is 32.0 Å². The first-order chi connectivity index (χ1) is 13.4. The van der Waals surface area contributed by atoms with E-state index in [-0.39, 0.29) is 11.8 Å². The summed E-state index contributed by atoms with van der Waals surface area (Å²) in [7, 11) is 1.98. The highest BCUT2D eigenvalue weighted by molar-refractivity contribution is 14.1. The molecule has 0 saturated heterocycles. The van der Waals surface area contributed by atoms with E-state index in [1.54, 1.807) is 12.1 Å². The number of fused-ring (bicyclic) bond motifs is 1. The van der Waals surface area contributed by atoms with Crippen molar-refractivity contribution < 1.29 is 14.6 Å². The summed E-state index contributed by atoms with van der Waals surface area (Å²) in [6.07, 6.45) is 1.84. The number of aliphatic hydroxyl groups is 1. The van der Waals surface area contributed by atoms with Crippen LogP contribution >= 0.6 is 22.6 Å². The van der Waals surface area contributed by atoms with Crippen molar-refractivity contribution in [3.05, 3.63) is 63.4 Å². The fourth-order valence-electron chi connectivity index (χ4n) is 3.26. The smallest absolute Gasteiger partial charge is 0.257 e. The normalized spacial score (nSPS) is 13.3. The molecule has 1 aromatic heterocycles. The Morgan fingerprint density at radius 2 is 2.04 bits per heavy atom. The molecule has 0 aliphatic carbocycles. The van der Waals surface area contributed by atoms with Gasteiger partial charge in [0.25, 0.3) is 5.91 Å². The number of nitrogens with one attached hydrogen (secondary N) is 1. The van der Waals surface area contributed by atoms with Crippen molar-refractivity contribution in [2.75, 3.05) is 6.61 Å². The fourth-order valence-corrected chi connectivity index (χ4v) is 3.75. The second-order valence-electron chi connectivity index (χ2n) is 6.91. The third-order valence-electron chi connectivity index (χ3n) is 4.82. The number of halogens is 1. The Balaban J connectivity index is 1.81. The number of benzene rings is 2. The van der Waals surface area contributed by atoms with Crippen LogP contribution in [-0.2, 0) is 7.05 Å². The van der Waals surface area contributed by atoms with E-state index in [0.717, 1.165) is 26.5 Å². The lowest BCUT2D eigenvalue weighted by Crippen LogP contribution is -2.38. The van der Waals surface area contributed by atoms with Gasteiger partial charge in [0.1, 0.15) is 12.0 Å². The predicted octanol–water partition coefficient (Wildman–Crippen LogP) is 4.42. The maximum atomic E-state index is 12.8. The summed E-state index contributed by atoms with van der Waals surface area (Å²) < 4.78 is 8.67. The van der Waals surface area contributed by atoms with Crippen molar-refractivity contribution in [1.29, 1.82) is 0 Å². The van der Waals surface area contributed by atoms with E-state index in [0.29, 0.717) is 17.9 Å².